The number of imide groups is 1. The molecule has 166 valence electrons. The summed E-state index contributed by atoms with van der Waals surface area (Å²) in [7, 11) is 0. The smallest absolute Gasteiger partial charge is 0.319 e. The van der Waals surface area contributed by atoms with E-state index in [1.807, 2.05) is 68.4 Å². The summed E-state index contributed by atoms with van der Waals surface area (Å²) in [5.74, 6) is -0.940. The third-order valence-corrected chi connectivity index (χ3v) is 7.20. The normalized spacial score (nSPS) is 18.2. The zero-order valence-corrected chi connectivity index (χ0v) is 19.2. The third kappa shape index (κ3) is 3.52. The molecule has 3 aromatic carbocycles. The summed E-state index contributed by atoms with van der Waals surface area (Å²) >= 11 is 1.38. The molecular formula is C25H22N4O3S. The Morgan fingerprint density at radius 1 is 1.06 bits per heavy atom. The van der Waals surface area contributed by atoms with E-state index in [0.29, 0.717) is 10.7 Å². The molecule has 1 saturated heterocycles. The predicted molar refractivity (Wildman–Crippen MR) is 129 cm³/mol. The average Bonchev–Trinajstić information content (AvgIpc) is 3.32. The number of hydrogen-bond donors (Lipinski definition) is 2. The third-order valence-electron chi connectivity index (χ3n) is 6.09. The van der Waals surface area contributed by atoms with Gasteiger partial charge < -0.3 is 10.6 Å². The molecule has 1 aliphatic heterocycles. The summed E-state index contributed by atoms with van der Waals surface area (Å²) in [4.78, 5) is 44.1. The van der Waals surface area contributed by atoms with Crippen molar-refractivity contribution >= 4 is 55.3 Å². The Morgan fingerprint density at radius 2 is 1.79 bits per heavy atom. The Hall–Kier alpha value is -3.78. The molecule has 1 aliphatic rings. The molecule has 0 aliphatic carbocycles. The van der Waals surface area contributed by atoms with Gasteiger partial charge in [-0.3, -0.25) is 14.5 Å². The lowest BCUT2D eigenvalue weighted by Gasteiger charge is -2.22. The highest BCUT2D eigenvalue weighted by molar-refractivity contribution is 7.22. The van der Waals surface area contributed by atoms with Crippen molar-refractivity contribution < 1.29 is 14.4 Å². The van der Waals surface area contributed by atoms with Gasteiger partial charge in [0.15, 0.2) is 5.13 Å². The first kappa shape index (κ1) is 21.1. The first-order valence-corrected chi connectivity index (χ1v) is 11.4. The van der Waals surface area contributed by atoms with Crippen molar-refractivity contribution in [1.29, 1.82) is 0 Å². The zero-order valence-electron chi connectivity index (χ0n) is 18.4. The van der Waals surface area contributed by atoms with Crippen LogP contribution in [0.1, 0.15) is 23.6 Å². The van der Waals surface area contributed by atoms with Crippen molar-refractivity contribution in [2.75, 3.05) is 11.9 Å². The van der Waals surface area contributed by atoms with E-state index in [1.54, 1.807) is 6.92 Å². The number of nitrogens with one attached hydrogen (secondary N) is 2. The molecule has 1 atom stereocenters. The van der Waals surface area contributed by atoms with Gasteiger partial charge in [-0.2, -0.15) is 0 Å². The van der Waals surface area contributed by atoms with E-state index < -0.39 is 23.4 Å². The Kier molecular flexibility index (Phi) is 4.90. The lowest BCUT2D eigenvalue weighted by molar-refractivity contribution is -0.133. The van der Waals surface area contributed by atoms with Gasteiger partial charge in [0, 0.05) is 0 Å². The Bertz CT molecular complexity index is 1420. The first-order chi connectivity index (χ1) is 15.8. The summed E-state index contributed by atoms with van der Waals surface area (Å²) in [6, 6.07) is 16.9. The van der Waals surface area contributed by atoms with Crippen LogP contribution in [0.25, 0.3) is 21.0 Å². The molecule has 4 amide bonds. The van der Waals surface area contributed by atoms with E-state index >= 15 is 0 Å². The molecule has 1 aromatic heterocycles. The number of aryl methyl sites for hydroxylation is 2. The monoisotopic (exact) mass is 458 g/mol. The number of fused-ring (bicyclic) bond motifs is 2. The number of carbonyl (C=O) groups excluding carboxylic acids is 3. The van der Waals surface area contributed by atoms with Crippen LogP contribution in [0.2, 0.25) is 0 Å². The van der Waals surface area contributed by atoms with Gasteiger partial charge in [0.05, 0.1) is 10.2 Å². The van der Waals surface area contributed by atoms with Gasteiger partial charge >= 0.3 is 6.03 Å². The number of rotatable bonds is 4. The second kappa shape index (κ2) is 7.67. The molecule has 33 heavy (non-hydrogen) atoms. The van der Waals surface area contributed by atoms with Gasteiger partial charge in [-0.05, 0) is 54.3 Å². The number of urea groups is 1. The number of nitrogens with zero attached hydrogens (tertiary/aromatic N) is 2. The van der Waals surface area contributed by atoms with Crippen molar-refractivity contribution in [3.05, 3.63) is 71.3 Å². The molecule has 2 N–H and O–H groups in total. The van der Waals surface area contributed by atoms with Crippen LogP contribution in [-0.2, 0) is 15.1 Å². The van der Waals surface area contributed by atoms with Crippen LogP contribution in [0.3, 0.4) is 0 Å². The van der Waals surface area contributed by atoms with Crippen molar-refractivity contribution in [2.24, 2.45) is 0 Å². The molecule has 0 saturated carbocycles. The fourth-order valence-corrected chi connectivity index (χ4v) is 5.18. The Balaban J connectivity index is 1.36. The highest BCUT2D eigenvalue weighted by atomic mass is 32.1. The van der Waals surface area contributed by atoms with Crippen molar-refractivity contribution in [1.82, 2.24) is 15.2 Å². The van der Waals surface area contributed by atoms with Crippen molar-refractivity contribution in [2.45, 2.75) is 26.3 Å². The quantitative estimate of drug-likeness (QED) is 0.442. The molecule has 8 heteroatoms. The fraction of sp³-hybridized carbons (Fsp3) is 0.200. The van der Waals surface area contributed by atoms with Crippen molar-refractivity contribution in [3.63, 3.8) is 0 Å². The summed E-state index contributed by atoms with van der Waals surface area (Å²) in [6.07, 6.45) is 0. The van der Waals surface area contributed by atoms with E-state index in [9.17, 15) is 14.4 Å². The maximum Gasteiger partial charge on any atom is 0.325 e. The molecule has 1 fully saturated rings. The second-order valence-corrected chi connectivity index (χ2v) is 9.45. The lowest BCUT2D eigenvalue weighted by Crippen LogP contribution is -2.42. The second-order valence-electron chi connectivity index (χ2n) is 8.45. The number of carbonyl (C=O) groups is 3. The van der Waals surface area contributed by atoms with Gasteiger partial charge in [-0.25, -0.2) is 9.78 Å². The van der Waals surface area contributed by atoms with E-state index in [1.165, 1.54) is 11.3 Å². The summed E-state index contributed by atoms with van der Waals surface area (Å²) in [5.41, 5.74) is 2.36. The highest BCUT2D eigenvalue weighted by Crippen LogP contribution is 2.32. The minimum Gasteiger partial charge on any atom is -0.319 e. The van der Waals surface area contributed by atoms with Gasteiger partial charge in [0.1, 0.15) is 12.1 Å². The van der Waals surface area contributed by atoms with E-state index in [-0.39, 0.29) is 6.54 Å². The van der Waals surface area contributed by atoms with Crippen LogP contribution in [0.5, 0.6) is 0 Å². The number of amides is 4. The number of thiazole rings is 1. The number of benzene rings is 3. The van der Waals surface area contributed by atoms with Gasteiger partial charge in [0.2, 0.25) is 5.91 Å². The molecular weight excluding hydrogens is 436 g/mol. The maximum absolute atomic E-state index is 13.2. The Labute approximate surface area is 194 Å². The van der Waals surface area contributed by atoms with Gasteiger partial charge in [-0.15, -0.1) is 0 Å². The standard InChI is InChI=1S/C25H22N4O3S/c1-14-8-9-15(2)21-20(14)27-23(33-21)26-19(30)13-29-22(31)25(3,28-24(29)32)18-11-10-16-6-4-5-7-17(16)12-18/h4-12H,13H2,1-3H3,(H,28,32)(H,26,27,30). The van der Waals surface area contributed by atoms with Gasteiger partial charge in [0.25, 0.3) is 5.91 Å². The predicted octanol–water partition coefficient (Wildman–Crippen LogP) is 4.47. The topological polar surface area (TPSA) is 91.4 Å². The van der Waals surface area contributed by atoms with Crippen LogP contribution in [-0.4, -0.2) is 34.3 Å². The van der Waals surface area contributed by atoms with Crippen molar-refractivity contribution in [3.8, 4) is 0 Å². The first-order valence-electron chi connectivity index (χ1n) is 10.6. The zero-order chi connectivity index (χ0) is 23.3. The highest BCUT2D eigenvalue weighted by Gasteiger charge is 2.49. The molecule has 0 bridgehead atoms. The summed E-state index contributed by atoms with van der Waals surface area (Å²) < 4.78 is 1.00. The number of hydrogen-bond acceptors (Lipinski definition) is 5. The SMILES string of the molecule is Cc1ccc(C)c2sc(NC(=O)CN3C(=O)NC(C)(c4ccc5ccccc5c4)C3=O)nc12. The molecule has 1 unspecified atom stereocenters. The van der Waals surface area contributed by atoms with E-state index in [4.69, 9.17) is 0 Å². The van der Waals surface area contributed by atoms with Gasteiger partial charge in [-0.1, -0.05) is 59.9 Å². The lowest BCUT2D eigenvalue weighted by atomic mass is 9.90. The fourth-order valence-electron chi connectivity index (χ4n) is 4.15. The number of aromatic nitrogens is 1. The molecule has 5 rings (SSSR count). The Morgan fingerprint density at radius 3 is 2.55 bits per heavy atom. The van der Waals surface area contributed by atoms with Crippen LogP contribution in [0.15, 0.2) is 54.6 Å². The molecule has 0 spiro atoms. The van der Waals surface area contributed by atoms with E-state index in [0.717, 1.165) is 37.0 Å². The van der Waals surface area contributed by atoms with Crippen LogP contribution in [0.4, 0.5) is 9.93 Å². The molecule has 2 heterocycles. The average molecular weight is 459 g/mol. The largest absolute Gasteiger partial charge is 0.325 e. The summed E-state index contributed by atoms with van der Waals surface area (Å²) in [5, 5.41) is 7.95. The minimum atomic E-state index is -1.24. The van der Waals surface area contributed by atoms with E-state index in [2.05, 4.69) is 15.6 Å². The van der Waals surface area contributed by atoms with Crippen LogP contribution < -0.4 is 10.6 Å². The molecule has 4 aromatic rings. The van der Waals surface area contributed by atoms with Crippen LogP contribution >= 0.6 is 11.3 Å². The maximum atomic E-state index is 13.2. The number of anilines is 1. The molecule has 7 nitrogen and oxygen atoms in total. The molecule has 0 radical (unpaired) electrons. The summed E-state index contributed by atoms with van der Waals surface area (Å²) in [6.45, 7) is 5.23. The van der Waals surface area contributed by atoms with Crippen LogP contribution in [0, 0.1) is 13.8 Å². The minimum absolute atomic E-state index is 0.387.